The number of likely N-dealkylation sites (tertiary alicyclic amines) is 1. The number of carbonyl (C=O) groups is 1. The quantitative estimate of drug-likeness (QED) is 0.615. The lowest BCUT2D eigenvalue weighted by molar-refractivity contribution is -0.130. The number of nitrogens with one attached hydrogen (secondary N) is 3. The number of halogens is 1. The molecular weight excluding hydrogens is 376 g/mol. The molecule has 1 amide bonds. The van der Waals surface area contributed by atoms with Gasteiger partial charge in [0.2, 0.25) is 5.91 Å². The van der Waals surface area contributed by atoms with Crippen LogP contribution < -0.4 is 11.0 Å². The second-order valence-corrected chi connectivity index (χ2v) is 7.21. The molecule has 0 bridgehead atoms. The van der Waals surface area contributed by atoms with Crippen molar-refractivity contribution >= 4 is 35.0 Å². The molecule has 4 rings (SSSR count). The van der Waals surface area contributed by atoms with Crippen molar-refractivity contribution in [2.24, 2.45) is 5.92 Å². The SMILES string of the molecule is Cl.O=C(CNc1ccc2[nH]c(=O)[nH]c2c1)N1CCC(Cc2ccccc2)CC1. The van der Waals surface area contributed by atoms with E-state index in [1.165, 1.54) is 5.56 Å². The summed E-state index contributed by atoms with van der Waals surface area (Å²) in [6, 6.07) is 16.1. The number of aromatic nitrogens is 2. The van der Waals surface area contributed by atoms with Crippen molar-refractivity contribution in [3.63, 3.8) is 0 Å². The number of rotatable bonds is 5. The highest BCUT2D eigenvalue weighted by Crippen LogP contribution is 2.22. The number of anilines is 1. The van der Waals surface area contributed by atoms with E-state index in [-0.39, 0.29) is 30.5 Å². The summed E-state index contributed by atoms with van der Waals surface area (Å²) in [5.74, 6) is 0.771. The molecular formula is C21H25ClN4O2. The summed E-state index contributed by atoms with van der Waals surface area (Å²) >= 11 is 0. The van der Waals surface area contributed by atoms with E-state index in [1.807, 2.05) is 29.2 Å². The minimum absolute atomic E-state index is 0. The van der Waals surface area contributed by atoms with Gasteiger partial charge < -0.3 is 20.2 Å². The lowest BCUT2D eigenvalue weighted by Gasteiger charge is -2.32. The summed E-state index contributed by atoms with van der Waals surface area (Å²) < 4.78 is 0. The molecule has 0 atom stereocenters. The highest BCUT2D eigenvalue weighted by Gasteiger charge is 2.22. The van der Waals surface area contributed by atoms with Crippen molar-refractivity contribution in [3.05, 3.63) is 64.6 Å². The molecule has 2 aromatic carbocycles. The number of piperidine rings is 1. The Morgan fingerprint density at radius 2 is 1.75 bits per heavy atom. The second-order valence-electron chi connectivity index (χ2n) is 7.21. The molecule has 0 spiro atoms. The number of aromatic amines is 2. The first-order chi connectivity index (χ1) is 13.2. The fraction of sp³-hybridized carbons (Fsp3) is 0.333. The standard InChI is InChI=1S/C21H24N4O2.ClH/c26-20(14-22-17-6-7-18-19(13-17)24-21(27)23-18)25-10-8-16(9-11-25)12-15-4-2-1-3-5-15;/h1-7,13,16,22H,8-12,14H2,(H2,23,24,27);1H. The minimum atomic E-state index is -0.225. The van der Waals surface area contributed by atoms with E-state index in [0.717, 1.165) is 49.1 Å². The zero-order chi connectivity index (χ0) is 18.6. The Kier molecular flexibility index (Phi) is 6.41. The van der Waals surface area contributed by atoms with Crippen LogP contribution in [0.2, 0.25) is 0 Å². The van der Waals surface area contributed by atoms with Crippen LogP contribution in [0, 0.1) is 5.92 Å². The number of carbonyl (C=O) groups excluding carboxylic acids is 1. The van der Waals surface area contributed by atoms with Crippen LogP contribution >= 0.6 is 12.4 Å². The molecule has 6 nitrogen and oxygen atoms in total. The largest absolute Gasteiger partial charge is 0.376 e. The molecule has 28 heavy (non-hydrogen) atoms. The number of imidazole rings is 1. The topological polar surface area (TPSA) is 81.0 Å². The van der Waals surface area contributed by atoms with Crippen molar-refractivity contribution in [1.29, 1.82) is 0 Å². The highest BCUT2D eigenvalue weighted by atomic mass is 35.5. The normalized spacial score (nSPS) is 14.6. The fourth-order valence-corrected chi connectivity index (χ4v) is 3.77. The van der Waals surface area contributed by atoms with E-state index in [2.05, 4.69) is 39.6 Å². The molecule has 1 saturated heterocycles. The summed E-state index contributed by atoms with van der Waals surface area (Å²) in [6.07, 6.45) is 3.20. The maximum Gasteiger partial charge on any atom is 0.323 e. The van der Waals surface area contributed by atoms with Gasteiger partial charge in [-0.1, -0.05) is 30.3 Å². The van der Waals surface area contributed by atoms with Gasteiger partial charge in [0, 0.05) is 18.8 Å². The third kappa shape index (κ3) is 4.75. The van der Waals surface area contributed by atoms with E-state index in [4.69, 9.17) is 0 Å². The molecule has 2 heterocycles. The summed E-state index contributed by atoms with van der Waals surface area (Å²) in [6.45, 7) is 1.91. The molecule has 1 aliphatic heterocycles. The van der Waals surface area contributed by atoms with Crippen LogP contribution in [-0.4, -0.2) is 40.4 Å². The summed E-state index contributed by atoms with van der Waals surface area (Å²) in [5, 5.41) is 3.17. The molecule has 0 unspecified atom stereocenters. The molecule has 148 valence electrons. The Labute approximate surface area is 169 Å². The number of hydrogen-bond donors (Lipinski definition) is 3. The fourth-order valence-electron chi connectivity index (χ4n) is 3.77. The summed E-state index contributed by atoms with van der Waals surface area (Å²) in [7, 11) is 0. The van der Waals surface area contributed by atoms with Crippen LogP contribution in [0.25, 0.3) is 11.0 Å². The molecule has 1 aliphatic rings. The van der Waals surface area contributed by atoms with Gasteiger partial charge in [0.25, 0.3) is 0 Å². The monoisotopic (exact) mass is 400 g/mol. The van der Waals surface area contributed by atoms with Crippen LogP contribution in [0.1, 0.15) is 18.4 Å². The van der Waals surface area contributed by atoms with E-state index < -0.39 is 0 Å². The Bertz CT molecular complexity index is 975. The van der Waals surface area contributed by atoms with Gasteiger partial charge in [-0.25, -0.2) is 4.79 Å². The summed E-state index contributed by atoms with van der Waals surface area (Å²) in [5.41, 5.74) is 3.47. The molecule has 0 radical (unpaired) electrons. The third-order valence-electron chi connectivity index (χ3n) is 5.29. The molecule has 1 aromatic heterocycles. The van der Waals surface area contributed by atoms with Gasteiger partial charge in [0.15, 0.2) is 0 Å². The molecule has 3 aromatic rings. The van der Waals surface area contributed by atoms with Crippen molar-refractivity contribution in [1.82, 2.24) is 14.9 Å². The Morgan fingerprint density at radius 3 is 2.50 bits per heavy atom. The zero-order valence-electron chi connectivity index (χ0n) is 15.6. The predicted molar refractivity (Wildman–Crippen MR) is 114 cm³/mol. The van der Waals surface area contributed by atoms with E-state index in [0.29, 0.717) is 5.92 Å². The first kappa shape index (κ1) is 20.0. The number of H-pyrrole nitrogens is 2. The lowest BCUT2D eigenvalue weighted by Crippen LogP contribution is -2.41. The average molecular weight is 401 g/mol. The highest BCUT2D eigenvalue weighted by molar-refractivity contribution is 5.85. The molecule has 0 aliphatic carbocycles. The van der Waals surface area contributed by atoms with Gasteiger partial charge in [-0.05, 0) is 48.9 Å². The Balaban J connectivity index is 0.00000225. The van der Waals surface area contributed by atoms with Crippen LogP contribution in [0.5, 0.6) is 0 Å². The predicted octanol–water partition coefficient (Wildman–Crippen LogP) is 3.17. The van der Waals surface area contributed by atoms with Crippen LogP contribution in [-0.2, 0) is 11.2 Å². The number of benzene rings is 2. The van der Waals surface area contributed by atoms with Gasteiger partial charge in [0.05, 0.1) is 17.6 Å². The van der Waals surface area contributed by atoms with Crippen LogP contribution in [0.4, 0.5) is 5.69 Å². The molecule has 0 saturated carbocycles. The van der Waals surface area contributed by atoms with Crippen LogP contribution in [0.3, 0.4) is 0 Å². The molecule has 7 heteroatoms. The average Bonchev–Trinajstić information content (AvgIpc) is 3.07. The second kappa shape index (κ2) is 8.97. The van der Waals surface area contributed by atoms with Crippen molar-refractivity contribution in [2.75, 3.05) is 25.0 Å². The molecule has 1 fully saturated rings. The van der Waals surface area contributed by atoms with E-state index in [1.54, 1.807) is 0 Å². The minimum Gasteiger partial charge on any atom is -0.376 e. The number of amides is 1. The zero-order valence-corrected chi connectivity index (χ0v) is 16.4. The third-order valence-corrected chi connectivity index (χ3v) is 5.29. The maximum atomic E-state index is 12.5. The van der Waals surface area contributed by atoms with Crippen molar-refractivity contribution < 1.29 is 4.79 Å². The van der Waals surface area contributed by atoms with Gasteiger partial charge >= 0.3 is 5.69 Å². The van der Waals surface area contributed by atoms with Crippen molar-refractivity contribution in [2.45, 2.75) is 19.3 Å². The van der Waals surface area contributed by atoms with E-state index >= 15 is 0 Å². The molecule has 3 N–H and O–H groups in total. The number of fused-ring (bicyclic) bond motifs is 1. The van der Waals surface area contributed by atoms with Crippen LogP contribution in [0.15, 0.2) is 53.3 Å². The number of nitrogens with zero attached hydrogens (tertiary/aromatic N) is 1. The van der Waals surface area contributed by atoms with E-state index in [9.17, 15) is 9.59 Å². The van der Waals surface area contributed by atoms with Gasteiger partial charge in [-0.15, -0.1) is 12.4 Å². The first-order valence-electron chi connectivity index (χ1n) is 9.45. The van der Waals surface area contributed by atoms with Crippen molar-refractivity contribution in [3.8, 4) is 0 Å². The summed E-state index contributed by atoms with van der Waals surface area (Å²) in [4.78, 5) is 31.2. The maximum absolute atomic E-state index is 12.5. The number of hydrogen-bond acceptors (Lipinski definition) is 3. The van der Waals surface area contributed by atoms with Gasteiger partial charge in [-0.2, -0.15) is 0 Å². The lowest BCUT2D eigenvalue weighted by atomic mass is 9.90. The first-order valence-corrected chi connectivity index (χ1v) is 9.45. The Morgan fingerprint density at radius 1 is 1.04 bits per heavy atom. The smallest absolute Gasteiger partial charge is 0.323 e. The van der Waals surface area contributed by atoms with Gasteiger partial charge in [0.1, 0.15) is 0 Å². The van der Waals surface area contributed by atoms with Gasteiger partial charge in [-0.3, -0.25) is 4.79 Å². The Hall–Kier alpha value is -2.73.